The number of carbonyl (C=O) groups excluding carboxylic acids is 3. The first-order valence-corrected chi connectivity index (χ1v) is 26.1. The smallest absolute Gasteiger partial charge is 0.306 e. The molecule has 0 amide bonds. The summed E-state index contributed by atoms with van der Waals surface area (Å²) in [5, 5.41) is 11.7. The average Bonchev–Trinajstić information content (AvgIpc) is 3.29. The van der Waals surface area contributed by atoms with E-state index in [0.29, 0.717) is 6.42 Å². The van der Waals surface area contributed by atoms with Gasteiger partial charge < -0.3 is 28.6 Å². The number of carboxylic acids is 1. The molecule has 2 atom stereocenters. The minimum Gasteiger partial charge on any atom is -0.544 e. The molecule has 0 aromatic heterocycles. The lowest BCUT2D eigenvalue weighted by Gasteiger charge is -2.34. The molecule has 378 valence electrons. The number of hydrogen-bond donors (Lipinski definition) is 0. The van der Waals surface area contributed by atoms with Crippen LogP contribution in [0, 0.1) is 0 Å². The number of unbranched alkanes of at least 4 members (excludes halogenated alkanes) is 11. The van der Waals surface area contributed by atoms with Gasteiger partial charge in [-0.15, -0.1) is 0 Å². The second-order valence-electron chi connectivity index (χ2n) is 18.0. The highest BCUT2D eigenvalue weighted by Gasteiger charge is 2.25. The molecule has 0 rings (SSSR count). The van der Waals surface area contributed by atoms with E-state index < -0.39 is 18.1 Å². The molecule has 0 spiro atoms. The van der Waals surface area contributed by atoms with Crippen molar-refractivity contribution in [2.75, 3.05) is 41.0 Å². The Hall–Kier alpha value is -4.27. The molecular formula is C59H95NO7. The number of nitrogens with zero attached hydrogens (tertiary/aromatic N) is 1. The largest absolute Gasteiger partial charge is 0.544 e. The highest BCUT2D eigenvalue weighted by molar-refractivity contribution is 5.70. The van der Waals surface area contributed by atoms with Gasteiger partial charge >= 0.3 is 11.9 Å². The molecular weight excluding hydrogens is 835 g/mol. The number of ether oxygens (including phenoxy) is 3. The lowest BCUT2D eigenvalue weighted by atomic mass is 10.1. The number of quaternary nitrogens is 1. The lowest BCUT2D eigenvalue weighted by Crippen LogP contribution is -2.55. The van der Waals surface area contributed by atoms with Gasteiger partial charge in [0, 0.05) is 19.3 Å². The van der Waals surface area contributed by atoms with Crippen LogP contribution >= 0.6 is 0 Å². The number of esters is 2. The number of hydrogen-bond acceptors (Lipinski definition) is 7. The zero-order chi connectivity index (χ0) is 49.2. The molecule has 0 saturated carbocycles. The van der Waals surface area contributed by atoms with Crippen molar-refractivity contribution in [1.29, 1.82) is 0 Å². The van der Waals surface area contributed by atoms with Gasteiger partial charge in [0.05, 0.1) is 40.3 Å². The van der Waals surface area contributed by atoms with Crippen LogP contribution in [0.4, 0.5) is 0 Å². The Morgan fingerprint density at radius 1 is 0.448 bits per heavy atom. The summed E-state index contributed by atoms with van der Waals surface area (Å²) in [6.45, 7) is 4.38. The molecule has 0 N–H and O–H groups in total. The summed E-state index contributed by atoms with van der Waals surface area (Å²) in [6.07, 6.45) is 68.0. The molecule has 8 nitrogen and oxygen atoms in total. The van der Waals surface area contributed by atoms with E-state index in [-0.39, 0.29) is 49.1 Å². The highest BCUT2D eigenvalue weighted by Crippen LogP contribution is 2.13. The molecule has 0 radical (unpaired) electrons. The Kier molecular flexibility index (Phi) is 45.1. The lowest BCUT2D eigenvalue weighted by molar-refractivity contribution is -0.889. The average molecular weight is 930 g/mol. The molecule has 0 heterocycles. The minimum atomic E-state index is -1.14. The second-order valence-corrected chi connectivity index (χ2v) is 18.0. The van der Waals surface area contributed by atoms with E-state index in [4.69, 9.17) is 14.2 Å². The normalized spacial score (nSPS) is 13.9. The third kappa shape index (κ3) is 46.6. The van der Waals surface area contributed by atoms with Crippen LogP contribution in [0.1, 0.15) is 181 Å². The summed E-state index contributed by atoms with van der Waals surface area (Å²) in [6, 6.07) is -0.741. The summed E-state index contributed by atoms with van der Waals surface area (Å²) in [5.74, 6) is -1.80. The predicted octanol–water partition coefficient (Wildman–Crippen LogP) is 14.0. The second kappa shape index (κ2) is 48.2. The Balaban J connectivity index is 4.35. The molecule has 0 bridgehead atoms. The third-order valence-corrected chi connectivity index (χ3v) is 10.8. The zero-order valence-corrected chi connectivity index (χ0v) is 43.0. The summed E-state index contributed by atoms with van der Waals surface area (Å²) in [7, 11) is 5.39. The van der Waals surface area contributed by atoms with E-state index in [2.05, 4.69) is 135 Å². The first-order chi connectivity index (χ1) is 32.6. The van der Waals surface area contributed by atoms with Crippen LogP contribution in [-0.2, 0) is 28.6 Å². The fourth-order valence-corrected chi connectivity index (χ4v) is 6.89. The van der Waals surface area contributed by atoms with Gasteiger partial charge in [-0.05, 0) is 103 Å². The standard InChI is InChI=1S/C59H95NO7/c1-6-8-10-12-14-16-18-20-22-24-26-28-29-30-32-34-36-38-40-42-44-46-48-50-58(62)67-55(53-65-52-51-56(59(63)64)60(3,4)5)54-66-57(61)49-47-45-43-41-39-37-35-33-31-27-25-23-21-19-17-15-13-11-9-7-2/h8-11,14-17,20-23,26-28,30-32,36,38,55-56H,6-7,12-13,18-19,24-25,29,33-35,37,39-54H2,1-5H3/b10-8+,11-9+,16-14+,17-15+,22-20+,23-21+,28-26+,31-27+,32-30+,38-36+. The maximum atomic E-state index is 12.8. The fraction of sp³-hybridized carbons (Fsp3) is 0.610. The van der Waals surface area contributed by atoms with Crippen molar-refractivity contribution in [1.82, 2.24) is 0 Å². The third-order valence-electron chi connectivity index (χ3n) is 10.8. The highest BCUT2D eigenvalue weighted by atomic mass is 16.6. The first kappa shape index (κ1) is 62.7. The van der Waals surface area contributed by atoms with Crippen molar-refractivity contribution >= 4 is 17.9 Å². The Bertz CT molecular complexity index is 1500. The molecule has 0 saturated heterocycles. The van der Waals surface area contributed by atoms with Gasteiger partial charge in [-0.2, -0.15) is 0 Å². The Morgan fingerprint density at radius 2 is 0.791 bits per heavy atom. The summed E-state index contributed by atoms with van der Waals surface area (Å²) < 4.78 is 17.2. The van der Waals surface area contributed by atoms with Crippen molar-refractivity contribution in [3.05, 3.63) is 122 Å². The van der Waals surface area contributed by atoms with Crippen LogP contribution < -0.4 is 5.11 Å². The first-order valence-electron chi connectivity index (χ1n) is 26.1. The Morgan fingerprint density at radius 3 is 1.16 bits per heavy atom. The monoisotopic (exact) mass is 930 g/mol. The molecule has 8 heteroatoms. The van der Waals surface area contributed by atoms with Crippen molar-refractivity contribution < 1.29 is 38.2 Å². The maximum Gasteiger partial charge on any atom is 0.306 e. The number of allylic oxidation sites excluding steroid dienone is 20. The van der Waals surface area contributed by atoms with Crippen LogP contribution in [0.15, 0.2) is 122 Å². The number of carboxylic acid groups (broad SMARTS) is 1. The Labute approximate surface area is 410 Å². The van der Waals surface area contributed by atoms with Crippen molar-refractivity contribution in [2.45, 2.75) is 193 Å². The quantitative estimate of drug-likeness (QED) is 0.0259. The number of carbonyl (C=O) groups is 3. The van der Waals surface area contributed by atoms with Gasteiger partial charge in [-0.3, -0.25) is 9.59 Å². The molecule has 67 heavy (non-hydrogen) atoms. The van der Waals surface area contributed by atoms with Crippen molar-refractivity contribution in [3.8, 4) is 0 Å². The predicted molar refractivity (Wildman–Crippen MR) is 281 cm³/mol. The van der Waals surface area contributed by atoms with Gasteiger partial charge in [0.2, 0.25) is 0 Å². The van der Waals surface area contributed by atoms with Crippen LogP contribution in [0.3, 0.4) is 0 Å². The van der Waals surface area contributed by atoms with E-state index >= 15 is 0 Å². The van der Waals surface area contributed by atoms with Crippen LogP contribution in [0.2, 0.25) is 0 Å². The summed E-state index contributed by atoms with van der Waals surface area (Å²) in [5.41, 5.74) is 0. The van der Waals surface area contributed by atoms with Gasteiger partial charge in [0.15, 0.2) is 6.10 Å². The SMILES string of the molecule is CC/C=C/C/C=C/C/C=C/C/C=C/C/C=C/C/C=C/CCCCCCC(=O)OC(COCCC(C(=O)[O-])[N+](C)(C)C)COC(=O)CCCCCCCCC/C=C/C/C=C/C/C=C/C/C=C/CC. The van der Waals surface area contributed by atoms with Crippen molar-refractivity contribution in [2.24, 2.45) is 0 Å². The van der Waals surface area contributed by atoms with Crippen LogP contribution in [-0.4, -0.2) is 75.5 Å². The molecule has 0 aliphatic heterocycles. The summed E-state index contributed by atoms with van der Waals surface area (Å²) >= 11 is 0. The number of aliphatic carboxylic acids is 1. The van der Waals surface area contributed by atoms with Crippen molar-refractivity contribution in [3.63, 3.8) is 0 Å². The summed E-state index contributed by atoms with van der Waals surface area (Å²) in [4.78, 5) is 37.1. The molecule has 0 aliphatic rings. The van der Waals surface area contributed by atoms with Crippen LogP contribution in [0.5, 0.6) is 0 Å². The van der Waals surface area contributed by atoms with Gasteiger partial charge in [-0.1, -0.05) is 180 Å². The van der Waals surface area contributed by atoms with Gasteiger partial charge in [-0.25, -0.2) is 0 Å². The minimum absolute atomic E-state index is 0.0180. The fourth-order valence-electron chi connectivity index (χ4n) is 6.89. The van der Waals surface area contributed by atoms with E-state index in [1.165, 1.54) is 19.3 Å². The molecule has 0 aromatic rings. The zero-order valence-electron chi connectivity index (χ0n) is 43.0. The number of rotatable bonds is 45. The van der Waals surface area contributed by atoms with E-state index in [1.807, 2.05) is 0 Å². The van der Waals surface area contributed by atoms with E-state index in [9.17, 15) is 19.5 Å². The van der Waals surface area contributed by atoms with Gasteiger partial charge in [0.1, 0.15) is 12.6 Å². The molecule has 0 aromatic carbocycles. The topological polar surface area (TPSA) is 102 Å². The molecule has 0 aliphatic carbocycles. The molecule has 0 fully saturated rings. The van der Waals surface area contributed by atoms with Gasteiger partial charge in [0.25, 0.3) is 0 Å². The van der Waals surface area contributed by atoms with E-state index in [1.54, 1.807) is 21.1 Å². The van der Waals surface area contributed by atoms with E-state index in [0.717, 1.165) is 128 Å². The molecule has 2 unspecified atom stereocenters. The number of likely N-dealkylation sites (N-methyl/N-ethyl adjacent to an activating group) is 1. The maximum absolute atomic E-state index is 12.8. The van der Waals surface area contributed by atoms with Crippen LogP contribution in [0.25, 0.3) is 0 Å².